The molecule has 0 aromatic carbocycles. The van der Waals surface area contributed by atoms with Crippen LogP contribution in [0.25, 0.3) is 0 Å². The number of carboxylic acid groups (broad SMARTS) is 1. The molecule has 0 bridgehead atoms. The molecule has 2 rings (SSSR count). The topological polar surface area (TPSA) is 83.6 Å². The summed E-state index contributed by atoms with van der Waals surface area (Å²) in [6.45, 7) is 2.74. The van der Waals surface area contributed by atoms with Crippen LogP contribution in [0.1, 0.15) is 24.4 Å². The number of piperidine rings is 1. The number of hydrogen-bond donors (Lipinski definition) is 1. The molecule has 2 heterocycles. The number of hydrogen-bond acceptors (Lipinski definition) is 4. The third-order valence-electron chi connectivity index (χ3n) is 3.20. The Hall–Kier alpha value is -1.85. The standard InChI is InChI=1S/C12H16N2O4/c1-8-13-10(7-18-8)6-11(15)14-4-2-9(3-5-14)12(16)17/h7,9H,2-6H2,1H3,(H,16,17). The van der Waals surface area contributed by atoms with Crippen LogP contribution in [0.15, 0.2) is 10.7 Å². The first-order valence-corrected chi connectivity index (χ1v) is 5.98. The van der Waals surface area contributed by atoms with Gasteiger partial charge in [-0.15, -0.1) is 0 Å². The highest BCUT2D eigenvalue weighted by Gasteiger charge is 2.27. The Morgan fingerprint density at radius 2 is 2.17 bits per heavy atom. The van der Waals surface area contributed by atoms with Crippen LogP contribution in [0.5, 0.6) is 0 Å². The number of amides is 1. The average molecular weight is 252 g/mol. The van der Waals surface area contributed by atoms with Crippen molar-refractivity contribution >= 4 is 11.9 Å². The van der Waals surface area contributed by atoms with Gasteiger partial charge in [-0.1, -0.05) is 0 Å². The van der Waals surface area contributed by atoms with Crippen molar-refractivity contribution in [1.29, 1.82) is 0 Å². The van der Waals surface area contributed by atoms with Gasteiger partial charge in [0.15, 0.2) is 5.89 Å². The van der Waals surface area contributed by atoms with E-state index in [0.29, 0.717) is 37.5 Å². The molecule has 0 unspecified atom stereocenters. The SMILES string of the molecule is Cc1nc(CC(=O)N2CCC(C(=O)O)CC2)co1. The second-order valence-electron chi connectivity index (χ2n) is 4.53. The molecule has 6 nitrogen and oxygen atoms in total. The quantitative estimate of drug-likeness (QED) is 0.862. The summed E-state index contributed by atoms with van der Waals surface area (Å²) in [4.78, 5) is 28.5. The van der Waals surface area contributed by atoms with Crippen LogP contribution in [-0.2, 0) is 16.0 Å². The van der Waals surface area contributed by atoms with Gasteiger partial charge < -0.3 is 14.4 Å². The van der Waals surface area contributed by atoms with Crippen molar-refractivity contribution in [3.8, 4) is 0 Å². The number of aryl methyl sites for hydroxylation is 1. The van der Waals surface area contributed by atoms with Crippen molar-refractivity contribution < 1.29 is 19.1 Å². The number of rotatable bonds is 3. The number of likely N-dealkylation sites (tertiary alicyclic amines) is 1. The molecule has 0 aliphatic carbocycles. The largest absolute Gasteiger partial charge is 0.481 e. The number of oxazole rings is 1. The number of carbonyl (C=O) groups is 2. The Morgan fingerprint density at radius 3 is 2.67 bits per heavy atom. The number of carbonyl (C=O) groups excluding carboxylic acids is 1. The zero-order chi connectivity index (χ0) is 13.1. The van der Waals surface area contributed by atoms with Gasteiger partial charge in [0.1, 0.15) is 6.26 Å². The molecule has 0 atom stereocenters. The third kappa shape index (κ3) is 2.88. The Bertz CT molecular complexity index is 447. The Labute approximate surface area is 105 Å². The normalized spacial score (nSPS) is 16.8. The van der Waals surface area contributed by atoms with Crippen molar-refractivity contribution in [3.63, 3.8) is 0 Å². The summed E-state index contributed by atoms with van der Waals surface area (Å²) in [5.41, 5.74) is 0.623. The molecule has 1 saturated heterocycles. The minimum Gasteiger partial charge on any atom is -0.481 e. The molecule has 1 aromatic rings. The van der Waals surface area contributed by atoms with E-state index in [2.05, 4.69) is 4.98 Å². The van der Waals surface area contributed by atoms with Gasteiger partial charge in [-0.3, -0.25) is 9.59 Å². The highest BCUT2D eigenvalue weighted by molar-refractivity contribution is 5.78. The molecule has 1 aromatic heterocycles. The first-order chi connectivity index (χ1) is 8.56. The van der Waals surface area contributed by atoms with E-state index in [1.165, 1.54) is 6.26 Å². The number of nitrogens with zero attached hydrogens (tertiary/aromatic N) is 2. The fourth-order valence-electron chi connectivity index (χ4n) is 2.13. The summed E-state index contributed by atoms with van der Waals surface area (Å²) in [5.74, 6) is -0.563. The van der Waals surface area contributed by atoms with E-state index in [9.17, 15) is 9.59 Å². The highest BCUT2D eigenvalue weighted by Crippen LogP contribution is 2.18. The van der Waals surface area contributed by atoms with E-state index in [4.69, 9.17) is 9.52 Å². The van der Waals surface area contributed by atoms with E-state index >= 15 is 0 Å². The van der Waals surface area contributed by atoms with Gasteiger partial charge in [0, 0.05) is 20.0 Å². The summed E-state index contributed by atoms with van der Waals surface area (Å²) >= 11 is 0. The fraction of sp³-hybridized carbons (Fsp3) is 0.583. The Kier molecular flexibility index (Phi) is 3.64. The predicted molar refractivity (Wildman–Crippen MR) is 61.9 cm³/mol. The lowest BCUT2D eigenvalue weighted by Crippen LogP contribution is -2.41. The second kappa shape index (κ2) is 5.20. The molecule has 1 aliphatic heterocycles. The Balaban J connectivity index is 1.86. The molecule has 1 N–H and O–H groups in total. The van der Waals surface area contributed by atoms with Gasteiger partial charge in [-0.05, 0) is 12.8 Å². The maximum Gasteiger partial charge on any atom is 0.306 e. The van der Waals surface area contributed by atoms with Gasteiger partial charge >= 0.3 is 5.97 Å². The van der Waals surface area contributed by atoms with Crippen molar-refractivity contribution in [2.24, 2.45) is 5.92 Å². The van der Waals surface area contributed by atoms with Crippen LogP contribution in [0, 0.1) is 12.8 Å². The van der Waals surface area contributed by atoms with Gasteiger partial charge in [-0.25, -0.2) is 4.98 Å². The van der Waals surface area contributed by atoms with E-state index in [-0.39, 0.29) is 18.2 Å². The minimum atomic E-state index is -0.769. The molecule has 1 amide bonds. The van der Waals surface area contributed by atoms with Crippen molar-refractivity contribution in [3.05, 3.63) is 17.8 Å². The highest BCUT2D eigenvalue weighted by atomic mass is 16.4. The second-order valence-corrected chi connectivity index (χ2v) is 4.53. The predicted octanol–water partition coefficient (Wildman–Crippen LogP) is 0.849. The van der Waals surface area contributed by atoms with Crippen molar-refractivity contribution in [1.82, 2.24) is 9.88 Å². The molecular formula is C12H16N2O4. The zero-order valence-corrected chi connectivity index (χ0v) is 10.3. The monoisotopic (exact) mass is 252 g/mol. The Morgan fingerprint density at radius 1 is 1.50 bits per heavy atom. The van der Waals surface area contributed by atoms with Crippen LogP contribution < -0.4 is 0 Å². The lowest BCUT2D eigenvalue weighted by Gasteiger charge is -2.29. The third-order valence-corrected chi connectivity index (χ3v) is 3.20. The molecule has 1 aliphatic rings. The maximum absolute atomic E-state index is 12.0. The molecule has 18 heavy (non-hydrogen) atoms. The molecular weight excluding hydrogens is 236 g/mol. The van der Waals surface area contributed by atoms with Crippen molar-refractivity contribution in [2.45, 2.75) is 26.2 Å². The number of aromatic nitrogens is 1. The fourth-order valence-corrected chi connectivity index (χ4v) is 2.13. The zero-order valence-electron chi connectivity index (χ0n) is 10.3. The van der Waals surface area contributed by atoms with Crippen molar-refractivity contribution in [2.75, 3.05) is 13.1 Å². The summed E-state index contributed by atoms with van der Waals surface area (Å²) in [5, 5.41) is 8.88. The molecule has 0 radical (unpaired) electrons. The number of aliphatic carboxylic acids is 1. The number of carboxylic acids is 1. The van der Waals surface area contributed by atoms with Crippen LogP contribution in [0.2, 0.25) is 0 Å². The van der Waals surface area contributed by atoms with Gasteiger partial charge in [0.25, 0.3) is 0 Å². The first-order valence-electron chi connectivity index (χ1n) is 5.98. The molecule has 98 valence electrons. The molecule has 1 fully saturated rings. The molecule has 0 spiro atoms. The van der Waals surface area contributed by atoms with E-state index in [1.54, 1.807) is 11.8 Å². The summed E-state index contributed by atoms with van der Waals surface area (Å²) in [6, 6.07) is 0. The maximum atomic E-state index is 12.0. The lowest BCUT2D eigenvalue weighted by molar-refractivity contribution is -0.145. The van der Waals surface area contributed by atoms with Gasteiger partial charge in [0.05, 0.1) is 18.0 Å². The van der Waals surface area contributed by atoms with Crippen LogP contribution >= 0.6 is 0 Å². The first kappa shape index (κ1) is 12.6. The van der Waals surface area contributed by atoms with Crippen LogP contribution in [0.3, 0.4) is 0 Å². The minimum absolute atomic E-state index is 0.0212. The summed E-state index contributed by atoms with van der Waals surface area (Å²) < 4.78 is 5.04. The van der Waals surface area contributed by atoms with E-state index in [1.807, 2.05) is 0 Å². The average Bonchev–Trinajstić information content (AvgIpc) is 2.75. The van der Waals surface area contributed by atoms with Gasteiger partial charge in [-0.2, -0.15) is 0 Å². The van der Waals surface area contributed by atoms with Gasteiger partial charge in [0.2, 0.25) is 5.91 Å². The van der Waals surface area contributed by atoms with E-state index in [0.717, 1.165) is 0 Å². The van der Waals surface area contributed by atoms with E-state index < -0.39 is 5.97 Å². The summed E-state index contributed by atoms with van der Waals surface area (Å²) in [6.07, 6.45) is 2.75. The molecule has 0 saturated carbocycles. The lowest BCUT2D eigenvalue weighted by atomic mass is 9.97. The molecule has 6 heteroatoms. The summed E-state index contributed by atoms with van der Waals surface area (Å²) in [7, 11) is 0. The smallest absolute Gasteiger partial charge is 0.306 e. The van der Waals surface area contributed by atoms with Crippen LogP contribution in [0.4, 0.5) is 0 Å². The van der Waals surface area contributed by atoms with Crippen LogP contribution in [-0.4, -0.2) is 40.0 Å².